The van der Waals surface area contributed by atoms with Gasteiger partial charge in [-0.3, -0.25) is 4.79 Å². The highest BCUT2D eigenvalue weighted by molar-refractivity contribution is 6.06. The van der Waals surface area contributed by atoms with E-state index in [1.54, 1.807) is 0 Å². The molecule has 0 saturated heterocycles. The number of hydrogen-bond donors (Lipinski definition) is 2. The van der Waals surface area contributed by atoms with Crippen molar-refractivity contribution in [2.24, 2.45) is 11.8 Å². The maximum Gasteiger partial charge on any atom is 0.252 e. The standard InChI is InChI=1S/C16H18N2O/c19-16(18-15-9-10-4-5-11(15)8-10)13-2-1-3-14-12(13)6-7-17-14/h1-3,6-7,10-11,15,17H,4-5,8-9H2,(H,18,19). The summed E-state index contributed by atoms with van der Waals surface area (Å²) in [4.78, 5) is 15.6. The van der Waals surface area contributed by atoms with Gasteiger partial charge in [0, 0.05) is 28.7 Å². The van der Waals surface area contributed by atoms with Gasteiger partial charge in [0.15, 0.2) is 0 Å². The molecule has 3 atom stereocenters. The normalized spacial score (nSPS) is 28.9. The molecule has 98 valence electrons. The molecule has 2 aromatic rings. The molecule has 4 rings (SSSR count). The summed E-state index contributed by atoms with van der Waals surface area (Å²) in [6.07, 6.45) is 7.05. The maximum absolute atomic E-state index is 12.5. The molecule has 2 bridgehead atoms. The number of aromatic amines is 1. The molecule has 3 nitrogen and oxygen atoms in total. The molecule has 2 aliphatic carbocycles. The highest BCUT2D eigenvalue weighted by Gasteiger charge is 2.40. The fourth-order valence-corrected chi connectivity index (χ4v) is 3.95. The lowest BCUT2D eigenvalue weighted by Gasteiger charge is -2.23. The summed E-state index contributed by atoms with van der Waals surface area (Å²) in [6, 6.07) is 8.24. The van der Waals surface area contributed by atoms with E-state index in [1.807, 2.05) is 30.5 Å². The van der Waals surface area contributed by atoms with Crippen molar-refractivity contribution < 1.29 is 4.79 Å². The lowest BCUT2D eigenvalue weighted by molar-refractivity contribution is 0.0924. The molecule has 1 amide bonds. The van der Waals surface area contributed by atoms with Crippen LogP contribution in [0.15, 0.2) is 30.5 Å². The summed E-state index contributed by atoms with van der Waals surface area (Å²) < 4.78 is 0. The Kier molecular flexibility index (Phi) is 2.40. The molecule has 2 fully saturated rings. The third-order valence-electron chi connectivity index (χ3n) is 4.89. The molecule has 0 spiro atoms. The summed E-state index contributed by atoms with van der Waals surface area (Å²) in [5.74, 6) is 1.67. The average Bonchev–Trinajstić information content (AvgIpc) is 3.13. The highest BCUT2D eigenvalue weighted by atomic mass is 16.1. The van der Waals surface area contributed by atoms with Gasteiger partial charge in [0.2, 0.25) is 0 Å². The van der Waals surface area contributed by atoms with Gasteiger partial charge >= 0.3 is 0 Å². The van der Waals surface area contributed by atoms with Gasteiger partial charge in [0.25, 0.3) is 5.91 Å². The molecule has 3 unspecified atom stereocenters. The fraction of sp³-hybridized carbons (Fsp3) is 0.438. The lowest BCUT2D eigenvalue weighted by Crippen LogP contribution is -2.38. The summed E-state index contributed by atoms with van der Waals surface area (Å²) in [6.45, 7) is 0. The second-order valence-electron chi connectivity index (χ2n) is 6.00. The fourth-order valence-electron chi connectivity index (χ4n) is 3.95. The Bertz CT molecular complexity index is 630. The van der Waals surface area contributed by atoms with E-state index in [1.165, 1.54) is 25.7 Å². The van der Waals surface area contributed by atoms with E-state index >= 15 is 0 Å². The van der Waals surface area contributed by atoms with Gasteiger partial charge in [-0.1, -0.05) is 12.5 Å². The lowest BCUT2D eigenvalue weighted by atomic mass is 9.95. The molecular weight excluding hydrogens is 236 g/mol. The van der Waals surface area contributed by atoms with Crippen molar-refractivity contribution in [3.05, 3.63) is 36.0 Å². The number of nitrogens with one attached hydrogen (secondary N) is 2. The third-order valence-corrected chi connectivity index (χ3v) is 4.89. The van der Waals surface area contributed by atoms with Crippen molar-refractivity contribution in [3.8, 4) is 0 Å². The monoisotopic (exact) mass is 254 g/mol. The Morgan fingerprint density at radius 3 is 2.95 bits per heavy atom. The van der Waals surface area contributed by atoms with E-state index in [-0.39, 0.29) is 5.91 Å². The number of aromatic nitrogens is 1. The van der Waals surface area contributed by atoms with E-state index in [0.717, 1.165) is 28.3 Å². The summed E-state index contributed by atoms with van der Waals surface area (Å²) in [7, 11) is 0. The Morgan fingerprint density at radius 1 is 1.21 bits per heavy atom. The molecule has 0 radical (unpaired) electrons. The van der Waals surface area contributed by atoms with E-state index in [2.05, 4.69) is 10.3 Å². The van der Waals surface area contributed by atoms with E-state index in [0.29, 0.717) is 6.04 Å². The van der Waals surface area contributed by atoms with Crippen LogP contribution in [-0.2, 0) is 0 Å². The zero-order chi connectivity index (χ0) is 12.8. The maximum atomic E-state index is 12.5. The van der Waals surface area contributed by atoms with Crippen LogP contribution < -0.4 is 5.32 Å². The van der Waals surface area contributed by atoms with Gasteiger partial charge in [0.1, 0.15) is 0 Å². The summed E-state index contributed by atoms with van der Waals surface area (Å²) in [5, 5.41) is 4.27. The van der Waals surface area contributed by atoms with E-state index in [4.69, 9.17) is 0 Å². The third kappa shape index (κ3) is 1.76. The molecule has 2 saturated carbocycles. The predicted octanol–water partition coefficient (Wildman–Crippen LogP) is 3.09. The number of fused-ring (bicyclic) bond motifs is 3. The smallest absolute Gasteiger partial charge is 0.252 e. The number of amides is 1. The van der Waals surface area contributed by atoms with Crippen molar-refractivity contribution in [2.75, 3.05) is 0 Å². The zero-order valence-corrected chi connectivity index (χ0v) is 10.9. The number of carbonyl (C=O) groups excluding carboxylic acids is 1. The topological polar surface area (TPSA) is 44.9 Å². The van der Waals surface area contributed by atoms with Crippen LogP contribution in [0.2, 0.25) is 0 Å². The SMILES string of the molecule is O=C(NC1CC2CCC1C2)c1cccc2[nH]ccc12. The second kappa shape index (κ2) is 4.12. The molecule has 0 aliphatic heterocycles. The van der Waals surface area contributed by atoms with Crippen LogP contribution in [0.3, 0.4) is 0 Å². The van der Waals surface area contributed by atoms with Crippen molar-refractivity contribution in [1.29, 1.82) is 0 Å². The van der Waals surface area contributed by atoms with Crippen LogP contribution in [0.5, 0.6) is 0 Å². The summed E-state index contributed by atoms with van der Waals surface area (Å²) >= 11 is 0. The zero-order valence-electron chi connectivity index (χ0n) is 10.9. The Morgan fingerprint density at radius 2 is 2.16 bits per heavy atom. The van der Waals surface area contributed by atoms with Crippen LogP contribution in [-0.4, -0.2) is 16.9 Å². The predicted molar refractivity (Wildman–Crippen MR) is 75.0 cm³/mol. The highest BCUT2D eigenvalue weighted by Crippen LogP contribution is 2.44. The van der Waals surface area contributed by atoms with Gasteiger partial charge in [-0.05, 0) is 49.3 Å². The van der Waals surface area contributed by atoms with Gasteiger partial charge < -0.3 is 10.3 Å². The van der Waals surface area contributed by atoms with Gasteiger partial charge in [-0.15, -0.1) is 0 Å². The van der Waals surface area contributed by atoms with Crippen LogP contribution in [0.25, 0.3) is 10.9 Å². The molecule has 1 aromatic carbocycles. The first-order chi connectivity index (χ1) is 9.31. The van der Waals surface area contributed by atoms with Gasteiger partial charge in [0.05, 0.1) is 0 Å². The molecule has 1 aromatic heterocycles. The minimum absolute atomic E-state index is 0.0859. The molecule has 3 heteroatoms. The first-order valence-corrected chi connectivity index (χ1v) is 7.18. The Hall–Kier alpha value is -1.77. The minimum atomic E-state index is 0.0859. The first-order valence-electron chi connectivity index (χ1n) is 7.18. The first kappa shape index (κ1) is 11.1. The van der Waals surface area contributed by atoms with E-state index < -0.39 is 0 Å². The van der Waals surface area contributed by atoms with Gasteiger partial charge in [-0.25, -0.2) is 0 Å². The minimum Gasteiger partial charge on any atom is -0.361 e. The average molecular weight is 254 g/mol. The van der Waals surface area contributed by atoms with Crippen LogP contribution in [0.4, 0.5) is 0 Å². The molecule has 2 N–H and O–H groups in total. The largest absolute Gasteiger partial charge is 0.361 e. The van der Waals surface area contributed by atoms with E-state index in [9.17, 15) is 4.79 Å². The van der Waals surface area contributed by atoms with Crippen molar-refractivity contribution in [1.82, 2.24) is 10.3 Å². The Balaban J connectivity index is 1.59. The number of benzene rings is 1. The second-order valence-corrected chi connectivity index (χ2v) is 6.00. The molecule has 19 heavy (non-hydrogen) atoms. The molecule has 2 aliphatic rings. The van der Waals surface area contributed by atoms with Crippen LogP contribution in [0, 0.1) is 11.8 Å². The Labute approximate surface area is 112 Å². The molecule has 1 heterocycles. The number of H-pyrrole nitrogens is 1. The van der Waals surface area contributed by atoms with Crippen molar-refractivity contribution >= 4 is 16.8 Å². The number of hydrogen-bond acceptors (Lipinski definition) is 1. The number of rotatable bonds is 2. The van der Waals surface area contributed by atoms with Crippen molar-refractivity contribution in [2.45, 2.75) is 31.7 Å². The van der Waals surface area contributed by atoms with Gasteiger partial charge in [-0.2, -0.15) is 0 Å². The van der Waals surface area contributed by atoms with Crippen LogP contribution >= 0.6 is 0 Å². The summed E-state index contributed by atoms with van der Waals surface area (Å²) in [5.41, 5.74) is 1.82. The quantitative estimate of drug-likeness (QED) is 0.850. The molecular formula is C16H18N2O. The number of carbonyl (C=O) groups is 1. The van der Waals surface area contributed by atoms with Crippen LogP contribution in [0.1, 0.15) is 36.0 Å². The van der Waals surface area contributed by atoms with Crippen molar-refractivity contribution in [3.63, 3.8) is 0 Å².